The van der Waals surface area contributed by atoms with Crippen molar-refractivity contribution in [1.29, 1.82) is 0 Å². The van der Waals surface area contributed by atoms with Crippen LogP contribution in [-0.2, 0) is 4.79 Å². The van der Waals surface area contributed by atoms with Crippen molar-refractivity contribution in [1.82, 2.24) is 9.88 Å². The molecule has 5 heteroatoms. The molecule has 1 fully saturated rings. The first-order valence-electron chi connectivity index (χ1n) is 5.64. The van der Waals surface area contributed by atoms with Gasteiger partial charge in [0.2, 0.25) is 11.8 Å². The summed E-state index contributed by atoms with van der Waals surface area (Å²) < 4.78 is 6.53. The molecular weight excluding hydrogens is 284 g/mol. The van der Waals surface area contributed by atoms with Gasteiger partial charge in [-0.3, -0.25) is 4.79 Å². The molecule has 0 aliphatic carbocycles. The number of carbonyl (C=O) groups is 1. The molecule has 0 aromatic carbocycles. The Kier molecular flexibility index (Phi) is 3.66. The molecule has 92 valence electrons. The zero-order valence-electron chi connectivity index (χ0n) is 9.89. The molecule has 1 aromatic rings. The summed E-state index contributed by atoms with van der Waals surface area (Å²) in [7, 11) is 0. The minimum absolute atomic E-state index is 0.0533. The van der Waals surface area contributed by atoms with E-state index in [2.05, 4.69) is 20.9 Å². The Morgan fingerprint density at radius 1 is 1.59 bits per heavy atom. The highest BCUT2D eigenvalue weighted by Gasteiger charge is 2.33. The molecule has 0 N–H and O–H groups in total. The monoisotopic (exact) mass is 298 g/mol. The summed E-state index contributed by atoms with van der Waals surface area (Å²) in [4.78, 5) is 17.6. The molecule has 1 amide bonds. The van der Waals surface area contributed by atoms with Gasteiger partial charge in [0, 0.05) is 12.1 Å². The number of rotatable bonds is 3. The van der Waals surface area contributed by atoms with Gasteiger partial charge in [-0.2, -0.15) is 0 Å². The van der Waals surface area contributed by atoms with Gasteiger partial charge in [-0.1, -0.05) is 13.8 Å². The van der Waals surface area contributed by atoms with Crippen molar-refractivity contribution < 1.29 is 9.53 Å². The van der Waals surface area contributed by atoms with E-state index in [9.17, 15) is 4.79 Å². The second kappa shape index (κ2) is 5.04. The highest BCUT2D eigenvalue weighted by molar-refractivity contribution is 9.10. The lowest BCUT2D eigenvalue weighted by molar-refractivity contribution is -0.143. The van der Waals surface area contributed by atoms with E-state index in [4.69, 9.17) is 4.74 Å². The molecule has 0 spiro atoms. The van der Waals surface area contributed by atoms with Gasteiger partial charge in [0.1, 0.15) is 6.10 Å². The fourth-order valence-corrected chi connectivity index (χ4v) is 2.02. The molecule has 0 radical (unpaired) electrons. The van der Waals surface area contributed by atoms with E-state index in [1.807, 2.05) is 30.9 Å². The molecular formula is C12H15BrN2O2. The number of pyridine rings is 1. The van der Waals surface area contributed by atoms with Gasteiger partial charge in [-0.05, 0) is 28.1 Å². The highest BCUT2D eigenvalue weighted by atomic mass is 79.9. The predicted octanol–water partition coefficient (Wildman–Crippen LogP) is 2.09. The third-order valence-electron chi connectivity index (χ3n) is 2.66. The fraction of sp³-hybridized carbons (Fsp3) is 0.500. The summed E-state index contributed by atoms with van der Waals surface area (Å²) >= 11 is 3.38. The number of likely N-dealkylation sites (tertiary alicyclic amines) is 1. The quantitative estimate of drug-likeness (QED) is 0.858. The van der Waals surface area contributed by atoms with Crippen molar-refractivity contribution >= 4 is 21.8 Å². The van der Waals surface area contributed by atoms with Gasteiger partial charge in [0.25, 0.3) is 0 Å². The van der Waals surface area contributed by atoms with Gasteiger partial charge in [-0.25, -0.2) is 4.98 Å². The van der Waals surface area contributed by atoms with Crippen LogP contribution in [-0.4, -0.2) is 35.0 Å². The summed E-state index contributed by atoms with van der Waals surface area (Å²) in [5.41, 5.74) is 0. The maximum absolute atomic E-state index is 11.6. The van der Waals surface area contributed by atoms with E-state index < -0.39 is 0 Å². The lowest BCUT2D eigenvalue weighted by Crippen LogP contribution is -2.57. The number of halogens is 1. The Bertz CT molecular complexity index is 417. The minimum atomic E-state index is 0.0533. The lowest BCUT2D eigenvalue weighted by atomic mass is 10.1. The zero-order valence-corrected chi connectivity index (χ0v) is 11.5. The van der Waals surface area contributed by atoms with Crippen LogP contribution in [0.3, 0.4) is 0 Å². The van der Waals surface area contributed by atoms with Crippen LogP contribution in [0.5, 0.6) is 5.88 Å². The standard InChI is InChI=1S/C12H15BrN2O2/c1-8(2)12(16)15-6-9(7-15)17-11-10(13)4-3-5-14-11/h3-5,8-9H,6-7H2,1-2H3. The summed E-state index contributed by atoms with van der Waals surface area (Å²) in [6.07, 6.45) is 1.75. The van der Waals surface area contributed by atoms with Crippen molar-refractivity contribution in [3.8, 4) is 5.88 Å². The molecule has 0 atom stereocenters. The van der Waals surface area contributed by atoms with E-state index in [0.717, 1.165) is 4.47 Å². The summed E-state index contributed by atoms with van der Waals surface area (Å²) in [5, 5.41) is 0. The number of aromatic nitrogens is 1. The Hall–Kier alpha value is -1.10. The number of nitrogens with zero attached hydrogens (tertiary/aromatic N) is 2. The third-order valence-corrected chi connectivity index (χ3v) is 3.26. The van der Waals surface area contributed by atoms with Crippen molar-refractivity contribution in [2.45, 2.75) is 20.0 Å². The predicted molar refractivity (Wildman–Crippen MR) is 67.8 cm³/mol. The zero-order chi connectivity index (χ0) is 12.4. The molecule has 2 rings (SSSR count). The first kappa shape index (κ1) is 12.4. The van der Waals surface area contributed by atoms with E-state index >= 15 is 0 Å². The number of hydrogen-bond donors (Lipinski definition) is 0. The summed E-state index contributed by atoms with van der Waals surface area (Å²) in [6.45, 7) is 5.12. The maximum Gasteiger partial charge on any atom is 0.228 e. The number of hydrogen-bond acceptors (Lipinski definition) is 3. The van der Waals surface area contributed by atoms with Gasteiger partial charge in [0.15, 0.2) is 0 Å². The van der Waals surface area contributed by atoms with Crippen LogP contribution in [0.4, 0.5) is 0 Å². The fourth-order valence-electron chi connectivity index (χ4n) is 1.67. The SMILES string of the molecule is CC(C)C(=O)N1CC(Oc2ncccc2Br)C1. The molecule has 17 heavy (non-hydrogen) atoms. The highest BCUT2D eigenvalue weighted by Crippen LogP contribution is 2.24. The molecule has 1 saturated heterocycles. The second-order valence-corrected chi connectivity index (χ2v) is 5.28. The molecule has 1 aromatic heterocycles. The summed E-state index contributed by atoms with van der Waals surface area (Å²) in [5.74, 6) is 0.830. The maximum atomic E-state index is 11.6. The largest absolute Gasteiger partial charge is 0.470 e. The molecule has 0 saturated carbocycles. The average Bonchev–Trinajstić information content (AvgIpc) is 2.24. The van der Waals surface area contributed by atoms with Crippen molar-refractivity contribution in [3.05, 3.63) is 22.8 Å². The van der Waals surface area contributed by atoms with Crippen LogP contribution in [0.1, 0.15) is 13.8 Å². The number of ether oxygens (including phenoxy) is 1. The van der Waals surface area contributed by atoms with Gasteiger partial charge >= 0.3 is 0 Å². The average molecular weight is 299 g/mol. The first-order chi connectivity index (χ1) is 8.08. The molecule has 0 unspecified atom stereocenters. The normalized spacial score (nSPS) is 15.9. The second-order valence-electron chi connectivity index (χ2n) is 4.43. The Morgan fingerprint density at radius 3 is 2.88 bits per heavy atom. The first-order valence-corrected chi connectivity index (χ1v) is 6.43. The minimum Gasteiger partial charge on any atom is -0.470 e. The van der Waals surface area contributed by atoms with Crippen LogP contribution in [0.2, 0.25) is 0 Å². The number of amides is 1. The molecule has 2 heterocycles. The molecule has 4 nitrogen and oxygen atoms in total. The summed E-state index contributed by atoms with van der Waals surface area (Å²) in [6, 6.07) is 3.73. The third kappa shape index (κ3) is 2.77. The van der Waals surface area contributed by atoms with Gasteiger partial charge in [0.05, 0.1) is 17.6 Å². The Labute approximate surface area is 109 Å². The van der Waals surface area contributed by atoms with Gasteiger partial charge < -0.3 is 9.64 Å². The van der Waals surface area contributed by atoms with E-state index in [-0.39, 0.29) is 17.9 Å². The van der Waals surface area contributed by atoms with Crippen molar-refractivity contribution in [2.24, 2.45) is 5.92 Å². The molecule has 1 aliphatic heterocycles. The van der Waals surface area contributed by atoms with Crippen molar-refractivity contribution in [3.63, 3.8) is 0 Å². The van der Waals surface area contributed by atoms with Crippen LogP contribution in [0.25, 0.3) is 0 Å². The van der Waals surface area contributed by atoms with Crippen LogP contribution >= 0.6 is 15.9 Å². The lowest BCUT2D eigenvalue weighted by Gasteiger charge is -2.39. The van der Waals surface area contributed by atoms with Crippen LogP contribution in [0, 0.1) is 5.92 Å². The van der Waals surface area contributed by atoms with E-state index in [1.54, 1.807) is 6.20 Å². The van der Waals surface area contributed by atoms with Crippen molar-refractivity contribution in [2.75, 3.05) is 13.1 Å². The topological polar surface area (TPSA) is 42.4 Å². The molecule has 0 bridgehead atoms. The Balaban J connectivity index is 1.86. The van der Waals surface area contributed by atoms with E-state index in [0.29, 0.717) is 19.0 Å². The number of carbonyl (C=O) groups excluding carboxylic acids is 1. The smallest absolute Gasteiger partial charge is 0.228 e. The van der Waals surface area contributed by atoms with E-state index in [1.165, 1.54) is 0 Å². The van der Waals surface area contributed by atoms with Crippen LogP contribution < -0.4 is 4.74 Å². The Morgan fingerprint density at radius 2 is 2.29 bits per heavy atom. The molecule has 1 aliphatic rings. The van der Waals surface area contributed by atoms with Gasteiger partial charge in [-0.15, -0.1) is 0 Å². The van der Waals surface area contributed by atoms with Crippen LogP contribution in [0.15, 0.2) is 22.8 Å².